The third kappa shape index (κ3) is 2.35. The molecule has 1 fully saturated rings. The van der Waals surface area contributed by atoms with E-state index in [0.717, 1.165) is 35.6 Å². The molecule has 3 rings (SSSR count). The summed E-state index contributed by atoms with van der Waals surface area (Å²) in [6.07, 6.45) is 3.91. The van der Waals surface area contributed by atoms with Gasteiger partial charge in [-0.2, -0.15) is 0 Å². The van der Waals surface area contributed by atoms with Crippen LogP contribution in [0.4, 0.5) is 17.1 Å². The van der Waals surface area contributed by atoms with Crippen LogP contribution < -0.4 is 16.4 Å². The second-order valence-corrected chi connectivity index (χ2v) is 6.52. The first kappa shape index (κ1) is 13.3. The molecule has 1 aliphatic carbocycles. The molecule has 1 aromatic rings. The van der Waals surface area contributed by atoms with Crippen molar-refractivity contribution >= 4 is 23.0 Å². The zero-order chi connectivity index (χ0) is 14.3. The average molecular weight is 273 g/mol. The number of fused-ring (bicyclic) bond motifs is 1. The van der Waals surface area contributed by atoms with E-state index in [4.69, 9.17) is 5.73 Å². The maximum Gasteiger partial charge on any atom is 0.224 e. The van der Waals surface area contributed by atoms with Gasteiger partial charge in [0.2, 0.25) is 5.91 Å². The Morgan fingerprint density at radius 1 is 1.35 bits per heavy atom. The highest BCUT2D eigenvalue weighted by atomic mass is 16.1. The van der Waals surface area contributed by atoms with E-state index in [1.165, 1.54) is 12.8 Å². The molecule has 1 aliphatic heterocycles. The van der Waals surface area contributed by atoms with E-state index in [0.29, 0.717) is 17.8 Å². The molecule has 108 valence electrons. The van der Waals surface area contributed by atoms with E-state index in [2.05, 4.69) is 24.5 Å². The lowest BCUT2D eigenvalue weighted by Gasteiger charge is -2.23. The highest BCUT2D eigenvalue weighted by Gasteiger charge is 2.44. The van der Waals surface area contributed by atoms with Crippen molar-refractivity contribution in [1.82, 2.24) is 0 Å². The van der Waals surface area contributed by atoms with Gasteiger partial charge in [-0.3, -0.25) is 4.79 Å². The number of nitrogen functional groups attached to an aromatic ring is 1. The predicted octanol–water partition coefficient (Wildman–Crippen LogP) is 3.00. The number of nitrogens with one attached hydrogen (secondary N) is 2. The van der Waals surface area contributed by atoms with Crippen LogP contribution in [0.15, 0.2) is 12.1 Å². The van der Waals surface area contributed by atoms with E-state index < -0.39 is 0 Å². The Labute approximate surface area is 120 Å². The Hall–Kier alpha value is -1.71. The van der Waals surface area contributed by atoms with E-state index in [1.54, 1.807) is 0 Å². The summed E-state index contributed by atoms with van der Waals surface area (Å²) in [6, 6.07) is 3.98. The summed E-state index contributed by atoms with van der Waals surface area (Å²) in [5.41, 5.74) is 10.3. The van der Waals surface area contributed by atoms with Crippen molar-refractivity contribution in [3.63, 3.8) is 0 Å². The van der Waals surface area contributed by atoms with Crippen molar-refractivity contribution in [1.29, 1.82) is 0 Å². The third-order valence-electron chi connectivity index (χ3n) is 4.92. The molecule has 0 saturated heterocycles. The number of carbonyl (C=O) groups excluding carboxylic acids is 1. The number of anilines is 3. The molecule has 4 heteroatoms. The van der Waals surface area contributed by atoms with Crippen LogP contribution in [0.1, 0.15) is 38.7 Å². The average Bonchev–Trinajstić information content (AvgIpc) is 3.18. The minimum atomic E-state index is 0.0917. The summed E-state index contributed by atoms with van der Waals surface area (Å²) in [7, 11) is 0. The number of hydrogen-bond donors (Lipinski definition) is 3. The van der Waals surface area contributed by atoms with Gasteiger partial charge >= 0.3 is 0 Å². The molecule has 1 amide bonds. The molecular formula is C16H23N3O. The molecule has 1 heterocycles. The summed E-state index contributed by atoms with van der Waals surface area (Å²) in [4.78, 5) is 11.5. The number of nitrogens with two attached hydrogens (primary N) is 1. The smallest absolute Gasteiger partial charge is 0.224 e. The summed E-state index contributed by atoms with van der Waals surface area (Å²) in [5.74, 6) is 0.780. The minimum Gasteiger partial charge on any atom is -0.397 e. The molecule has 0 radical (unpaired) electrons. The maximum absolute atomic E-state index is 11.5. The van der Waals surface area contributed by atoms with E-state index >= 15 is 0 Å². The van der Waals surface area contributed by atoms with Gasteiger partial charge in [0, 0.05) is 18.7 Å². The number of rotatable bonds is 4. The van der Waals surface area contributed by atoms with Gasteiger partial charge in [0.05, 0.1) is 11.4 Å². The molecule has 0 atom stereocenters. The first-order chi connectivity index (χ1) is 9.50. The molecule has 2 aliphatic rings. The molecule has 1 saturated carbocycles. The van der Waals surface area contributed by atoms with E-state index in [-0.39, 0.29) is 5.91 Å². The van der Waals surface area contributed by atoms with Crippen molar-refractivity contribution in [2.45, 2.75) is 39.5 Å². The van der Waals surface area contributed by atoms with Crippen LogP contribution in [0.5, 0.6) is 0 Å². The van der Waals surface area contributed by atoms with Gasteiger partial charge < -0.3 is 16.4 Å². The lowest BCUT2D eigenvalue weighted by molar-refractivity contribution is -0.116. The van der Waals surface area contributed by atoms with Crippen LogP contribution in [-0.4, -0.2) is 12.5 Å². The lowest BCUT2D eigenvalue weighted by Crippen LogP contribution is -2.22. The van der Waals surface area contributed by atoms with Crippen LogP contribution in [0, 0.1) is 11.3 Å². The van der Waals surface area contributed by atoms with Gasteiger partial charge in [0.1, 0.15) is 0 Å². The second kappa shape index (κ2) is 4.69. The predicted molar refractivity (Wildman–Crippen MR) is 82.8 cm³/mol. The molecule has 0 spiro atoms. The number of aryl methyl sites for hydroxylation is 1. The first-order valence-electron chi connectivity index (χ1n) is 7.46. The molecule has 20 heavy (non-hydrogen) atoms. The number of hydrogen-bond acceptors (Lipinski definition) is 3. The zero-order valence-corrected chi connectivity index (χ0v) is 12.3. The van der Waals surface area contributed by atoms with Crippen LogP contribution in [0.25, 0.3) is 0 Å². The van der Waals surface area contributed by atoms with Crippen LogP contribution in [0.3, 0.4) is 0 Å². The van der Waals surface area contributed by atoms with E-state index in [1.807, 2.05) is 12.1 Å². The Kier molecular flexibility index (Phi) is 3.11. The van der Waals surface area contributed by atoms with Gasteiger partial charge in [-0.1, -0.05) is 13.8 Å². The van der Waals surface area contributed by atoms with Crippen molar-refractivity contribution in [2.75, 3.05) is 22.9 Å². The molecule has 0 bridgehead atoms. The van der Waals surface area contributed by atoms with Crippen molar-refractivity contribution in [3.8, 4) is 0 Å². The summed E-state index contributed by atoms with van der Waals surface area (Å²) < 4.78 is 0. The molecular weight excluding hydrogens is 250 g/mol. The Bertz CT molecular complexity index is 547. The zero-order valence-electron chi connectivity index (χ0n) is 12.3. The van der Waals surface area contributed by atoms with Gasteiger partial charge in [-0.15, -0.1) is 0 Å². The highest BCUT2D eigenvalue weighted by Crippen LogP contribution is 2.52. The minimum absolute atomic E-state index is 0.0917. The Balaban J connectivity index is 1.77. The fraction of sp³-hybridized carbons (Fsp3) is 0.562. The largest absolute Gasteiger partial charge is 0.397 e. The van der Waals surface area contributed by atoms with Crippen molar-refractivity contribution in [2.24, 2.45) is 11.3 Å². The number of carbonyl (C=O) groups is 1. The molecule has 4 N–H and O–H groups in total. The topological polar surface area (TPSA) is 67.1 Å². The molecule has 4 nitrogen and oxygen atoms in total. The van der Waals surface area contributed by atoms with E-state index in [9.17, 15) is 4.79 Å². The Morgan fingerprint density at radius 2 is 2.10 bits per heavy atom. The van der Waals surface area contributed by atoms with Gasteiger partial charge in [0.15, 0.2) is 0 Å². The standard InChI is InChI=1S/C16H23N3O/c1-10(2)16(5-6-16)9-18-14-8-13-11(7-12(14)17)3-4-15(20)19-13/h7-8,10,18H,3-6,9,17H2,1-2H3,(H,19,20). The lowest BCUT2D eigenvalue weighted by atomic mass is 9.92. The Morgan fingerprint density at radius 3 is 2.75 bits per heavy atom. The maximum atomic E-state index is 11.5. The number of benzene rings is 1. The van der Waals surface area contributed by atoms with Crippen LogP contribution in [0.2, 0.25) is 0 Å². The summed E-state index contributed by atoms with van der Waals surface area (Å²) >= 11 is 0. The fourth-order valence-electron chi connectivity index (χ4n) is 2.99. The van der Waals surface area contributed by atoms with Gasteiger partial charge in [0.25, 0.3) is 0 Å². The summed E-state index contributed by atoms with van der Waals surface area (Å²) in [6.45, 7) is 5.53. The third-order valence-corrected chi connectivity index (χ3v) is 4.92. The van der Waals surface area contributed by atoms with Gasteiger partial charge in [-0.25, -0.2) is 0 Å². The molecule has 0 unspecified atom stereocenters. The highest BCUT2D eigenvalue weighted by molar-refractivity contribution is 5.95. The normalized spacial score (nSPS) is 19.4. The second-order valence-electron chi connectivity index (χ2n) is 6.52. The first-order valence-corrected chi connectivity index (χ1v) is 7.46. The van der Waals surface area contributed by atoms with Crippen molar-refractivity contribution < 1.29 is 4.79 Å². The van der Waals surface area contributed by atoms with Gasteiger partial charge in [-0.05, 0) is 48.3 Å². The summed E-state index contributed by atoms with van der Waals surface area (Å²) in [5, 5.41) is 6.41. The SMILES string of the molecule is CC(C)C1(CNc2cc3c(cc2N)CCC(=O)N3)CC1. The number of amides is 1. The monoisotopic (exact) mass is 273 g/mol. The quantitative estimate of drug-likeness (QED) is 0.739. The van der Waals surface area contributed by atoms with Crippen molar-refractivity contribution in [3.05, 3.63) is 17.7 Å². The molecule has 1 aromatic carbocycles. The molecule has 0 aromatic heterocycles. The fourth-order valence-corrected chi connectivity index (χ4v) is 2.99. The van der Waals surface area contributed by atoms with Crippen LogP contribution in [-0.2, 0) is 11.2 Å². The van der Waals surface area contributed by atoms with Crippen LogP contribution >= 0.6 is 0 Å².